The van der Waals surface area contributed by atoms with Gasteiger partial charge in [0, 0.05) is 19.1 Å². The molecular weight excluding hydrogens is 324 g/mol. The van der Waals surface area contributed by atoms with Crippen molar-refractivity contribution in [2.45, 2.75) is 33.4 Å². The lowest BCUT2D eigenvalue weighted by molar-refractivity contribution is -0.140. The number of likely N-dealkylation sites (N-methyl/N-ethyl adjacent to an activating group) is 1. The van der Waals surface area contributed by atoms with Gasteiger partial charge in [0.2, 0.25) is 5.91 Å². The van der Waals surface area contributed by atoms with Crippen LogP contribution < -0.4 is 9.47 Å². The van der Waals surface area contributed by atoms with Crippen LogP contribution in [0.2, 0.25) is 0 Å². The number of carbonyl (C=O) groups is 2. The van der Waals surface area contributed by atoms with Crippen molar-refractivity contribution in [2.24, 2.45) is 0 Å². The normalized spacial score (nSPS) is 10.8. The lowest BCUT2D eigenvalue weighted by Crippen LogP contribution is -2.44. The van der Waals surface area contributed by atoms with Gasteiger partial charge in [-0.3, -0.25) is 14.5 Å². The van der Waals surface area contributed by atoms with E-state index < -0.39 is 5.97 Å². The summed E-state index contributed by atoms with van der Waals surface area (Å²) < 4.78 is 10.5. The van der Waals surface area contributed by atoms with Gasteiger partial charge in [-0.1, -0.05) is 6.07 Å². The van der Waals surface area contributed by atoms with Gasteiger partial charge in [-0.05, 0) is 38.5 Å². The maximum Gasteiger partial charge on any atom is 0.317 e. The zero-order valence-corrected chi connectivity index (χ0v) is 15.6. The third kappa shape index (κ3) is 6.26. The number of amides is 1. The van der Waals surface area contributed by atoms with Crippen molar-refractivity contribution in [3.63, 3.8) is 0 Å². The molecule has 0 unspecified atom stereocenters. The quantitative estimate of drug-likeness (QED) is 0.692. The van der Waals surface area contributed by atoms with Crippen LogP contribution in [0.1, 0.15) is 26.3 Å². The highest BCUT2D eigenvalue weighted by Gasteiger charge is 2.21. The van der Waals surface area contributed by atoms with Crippen molar-refractivity contribution in [3.05, 3.63) is 23.8 Å². The number of methoxy groups -OCH3 is 2. The summed E-state index contributed by atoms with van der Waals surface area (Å²) >= 11 is 0. The van der Waals surface area contributed by atoms with E-state index in [0.717, 1.165) is 5.56 Å². The average molecular weight is 352 g/mol. The summed E-state index contributed by atoms with van der Waals surface area (Å²) in [6.07, 6.45) is 0. The number of ether oxygens (including phenoxy) is 2. The van der Waals surface area contributed by atoms with Crippen LogP contribution >= 0.6 is 0 Å². The highest BCUT2D eigenvalue weighted by atomic mass is 16.5. The lowest BCUT2D eigenvalue weighted by atomic mass is 10.2. The molecule has 0 fully saturated rings. The molecule has 0 aliphatic heterocycles. The summed E-state index contributed by atoms with van der Waals surface area (Å²) in [6, 6.07) is 5.50. The zero-order chi connectivity index (χ0) is 19.0. The van der Waals surface area contributed by atoms with Crippen LogP contribution in [0.25, 0.3) is 0 Å². The highest BCUT2D eigenvalue weighted by Crippen LogP contribution is 2.28. The third-order valence-corrected chi connectivity index (χ3v) is 3.96. The van der Waals surface area contributed by atoms with Crippen LogP contribution in [0.3, 0.4) is 0 Å². The molecule has 0 saturated carbocycles. The van der Waals surface area contributed by atoms with Crippen LogP contribution in [0.5, 0.6) is 11.5 Å². The van der Waals surface area contributed by atoms with Crippen molar-refractivity contribution in [3.8, 4) is 11.5 Å². The van der Waals surface area contributed by atoms with E-state index in [9.17, 15) is 9.59 Å². The maximum absolute atomic E-state index is 12.6. The van der Waals surface area contributed by atoms with E-state index in [2.05, 4.69) is 0 Å². The molecule has 0 saturated heterocycles. The molecule has 0 atom stereocenters. The monoisotopic (exact) mass is 352 g/mol. The van der Waals surface area contributed by atoms with E-state index >= 15 is 0 Å². The Morgan fingerprint density at radius 1 is 1.12 bits per heavy atom. The fraction of sp³-hybridized carbons (Fsp3) is 0.556. The molecule has 7 nitrogen and oxygen atoms in total. The van der Waals surface area contributed by atoms with Gasteiger partial charge < -0.3 is 19.5 Å². The van der Waals surface area contributed by atoms with E-state index in [0.29, 0.717) is 24.6 Å². The summed E-state index contributed by atoms with van der Waals surface area (Å²) in [5, 5.41) is 8.99. The molecule has 0 aliphatic rings. The van der Waals surface area contributed by atoms with Crippen molar-refractivity contribution in [2.75, 3.05) is 33.9 Å². The standard InChI is InChI=1S/C18H28N2O5/c1-6-19(17(21)11-20(13(2)3)12-18(22)23)10-14-7-8-15(24-4)16(9-14)25-5/h7-9,13H,6,10-12H2,1-5H3,(H,22,23). The Kier molecular flexibility index (Phi) is 8.21. The molecule has 1 aromatic rings. The van der Waals surface area contributed by atoms with Gasteiger partial charge in [-0.15, -0.1) is 0 Å². The second-order valence-corrected chi connectivity index (χ2v) is 5.99. The first-order valence-corrected chi connectivity index (χ1v) is 8.26. The molecule has 0 radical (unpaired) electrons. The van der Waals surface area contributed by atoms with Crippen molar-refractivity contribution < 1.29 is 24.2 Å². The van der Waals surface area contributed by atoms with Gasteiger partial charge in [-0.25, -0.2) is 0 Å². The molecular formula is C18H28N2O5. The topological polar surface area (TPSA) is 79.3 Å². The van der Waals surface area contributed by atoms with E-state index in [1.165, 1.54) is 0 Å². The summed E-state index contributed by atoms with van der Waals surface area (Å²) in [4.78, 5) is 26.9. The Morgan fingerprint density at radius 3 is 2.24 bits per heavy atom. The molecule has 0 heterocycles. The van der Waals surface area contributed by atoms with Crippen molar-refractivity contribution in [1.82, 2.24) is 9.80 Å². The minimum Gasteiger partial charge on any atom is -0.493 e. The van der Waals surface area contributed by atoms with E-state index in [4.69, 9.17) is 14.6 Å². The Balaban J connectivity index is 2.84. The number of rotatable bonds is 10. The van der Waals surface area contributed by atoms with Crippen LogP contribution in [0, 0.1) is 0 Å². The SMILES string of the molecule is CCN(Cc1ccc(OC)c(OC)c1)C(=O)CN(CC(=O)O)C(C)C. The molecule has 0 spiro atoms. The van der Waals surface area contributed by atoms with Crippen LogP contribution in [0.4, 0.5) is 0 Å². The van der Waals surface area contributed by atoms with Crippen molar-refractivity contribution in [1.29, 1.82) is 0 Å². The number of carbonyl (C=O) groups excluding carboxylic acids is 1. The van der Waals surface area contributed by atoms with Gasteiger partial charge in [-0.2, -0.15) is 0 Å². The average Bonchev–Trinajstić information content (AvgIpc) is 2.58. The number of hydrogen-bond acceptors (Lipinski definition) is 5. The molecule has 7 heteroatoms. The highest BCUT2D eigenvalue weighted by molar-refractivity contribution is 5.79. The molecule has 1 N–H and O–H groups in total. The van der Waals surface area contributed by atoms with Crippen LogP contribution in [-0.4, -0.2) is 66.7 Å². The first-order valence-electron chi connectivity index (χ1n) is 8.26. The van der Waals surface area contributed by atoms with Gasteiger partial charge in [0.1, 0.15) is 0 Å². The Morgan fingerprint density at radius 2 is 1.76 bits per heavy atom. The first-order chi connectivity index (χ1) is 11.8. The minimum absolute atomic E-state index is 0.0279. The predicted molar refractivity (Wildman–Crippen MR) is 95.0 cm³/mol. The molecule has 0 bridgehead atoms. The number of carboxylic acids is 1. The summed E-state index contributed by atoms with van der Waals surface area (Å²) in [5.74, 6) is 0.197. The smallest absolute Gasteiger partial charge is 0.317 e. The summed E-state index contributed by atoms with van der Waals surface area (Å²) in [6.45, 7) is 6.53. The number of hydrogen-bond donors (Lipinski definition) is 1. The lowest BCUT2D eigenvalue weighted by Gasteiger charge is -2.28. The van der Waals surface area contributed by atoms with Crippen molar-refractivity contribution >= 4 is 11.9 Å². The fourth-order valence-corrected chi connectivity index (χ4v) is 2.44. The molecule has 0 aliphatic carbocycles. The Hall–Kier alpha value is -2.28. The predicted octanol–water partition coefficient (Wildman–Crippen LogP) is 1.85. The second kappa shape index (κ2) is 9.88. The number of benzene rings is 1. The largest absolute Gasteiger partial charge is 0.493 e. The maximum atomic E-state index is 12.6. The molecule has 140 valence electrons. The van der Waals surface area contributed by atoms with Gasteiger partial charge in [0.15, 0.2) is 11.5 Å². The number of aliphatic carboxylic acids is 1. The number of carboxylic acid groups (broad SMARTS) is 1. The van der Waals surface area contributed by atoms with E-state index in [1.54, 1.807) is 30.1 Å². The molecule has 1 aromatic carbocycles. The molecule has 0 aromatic heterocycles. The molecule has 1 rings (SSSR count). The van der Waals surface area contributed by atoms with Gasteiger partial charge in [0.05, 0.1) is 27.3 Å². The summed E-state index contributed by atoms with van der Waals surface area (Å²) in [5.41, 5.74) is 0.919. The molecule has 1 amide bonds. The fourth-order valence-electron chi connectivity index (χ4n) is 2.44. The minimum atomic E-state index is -0.940. The molecule has 25 heavy (non-hydrogen) atoms. The van der Waals surface area contributed by atoms with E-state index in [-0.39, 0.29) is 25.0 Å². The first kappa shape index (κ1) is 20.8. The van der Waals surface area contributed by atoms with E-state index in [1.807, 2.05) is 32.9 Å². The third-order valence-electron chi connectivity index (χ3n) is 3.96. The second-order valence-electron chi connectivity index (χ2n) is 5.99. The Bertz CT molecular complexity index is 589. The number of nitrogens with zero attached hydrogens (tertiary/aromatic N) is 2. The van der Waals surface area contributed by atoms with Gasteiger partial charge >= 0.3 is 5.97 Å². The summed E-state index contributed by atoms with van der Waals surface area (Å²) in [7, 11) is 3.14. The zero-order valence-electron chi connectivity index (χ0n) is 15.6. The Labute approximate surface area is 149 Å². The van der Waals surface area contributed by atoms with Crippen LogP contribution in [0.15, 0.2) is 18.2 Å². The van der Waals surface area contributed by atoms with Gasteiger partial charge in [0.25, 0.3) is 0 Å². The van der Waals surface area contributed by atoms with Crippen LogP contribution in [-0.2, 0) is 16.1 Å².